The molecule has 14 heavy (non-hydrogen) atoms. The second-order valence-electron chi connectivity index (χ2n) is 3.02. The molecule has 4 heteroatoms. The molecule has 0 saturated heterocycles. The summed E-state index contributed by atoms with van der Waals surface area (Å²) in [6.45, 7) is 1.57. The molecule has 76 valence electrons. The van der Waals surface area contributed by atoms with Crippen molar-refractivity contribution in [2.45, 2.75) is 18.2 Å². The van der Waals surface area contributed by atoms with Gasteiger partial charge in [-0.15, -0.1) is 0 Å². The minimum atomic E-state index is -0.125. The van der Waals surface area contributed by atoms with Crippen LogP contribution in [0, 0.1) is 0 Å². The van der Waals surface area contributed by atoms with Crippen molar-refractivity contribution in [3.8, 4) is 0 Å². The van der Waals surface area contributed by atoms with E-state index in [0.29, 0.717) is 11.4 Å². The third-order valence-electron chi connectivity index (χ3n) is 1.86. The number of ketones is 1. The molecular formula is C10H9Br2ClO. The van der Waals surface area contributed by atoms with Crippen LogP contribution in [-0.2, 0) is 11.2 Å². The van der Waals surface area contributed by atoms with Crippen molar-refractivity contribution >= 4 is 49.2 Å². The lowest BCUT2D eigenvalue weighted by Crippen LogP contribution is -2.12. The fourth-order valence-electron chi connectivity index (χ4n) is 1.02. The van der Waals surface area contributed by atoms with Gasteiger partial charge in [0.25, 0.3) is 0 Å². The number of rotatable bonds is 3. The number of hydrogen-bond donors (Lipinski definition) is 0. The van der Waals surface area contributed by atoms with Gasteiger partial charge < -0.3 is 0 Å². The Bertz CT molecular complexity index is 352. The molecule has 1 unspecified atom stereocenters. The number of alkyl halides is 1. The molecule has 1 atom stereocenters. The van der Waals surface area contributed by atoms with Crippen molar-refractivity contribution < 1.29 is 4.79 Å². The Kier molecular flexibility index (Phi) is 4.61. The third kappa shape index (κ3) is 3.37. The Morgan fingerprint density at radius 1 is 1.57 bits per heavy atom. The lowest BCUT2D eigenvalue weighted by molar-refractivity contribution is -0.116. The van der Waals surface area contributed by atoms with Crippen molar-refractivity contribution in [1.82, 2.24) is 0 Å². The number of Topliss-reactive ketones (excluding diaryl/α,β-unsaturated/α-hetero) is 1. The summed E-state index contributed by atoms with van der Waals surface area (Å²) < 4.78 is 0.940. The van der Waals surface area contributed by atoms with Crippen molar-refractivity contribution in [2.75, 3.05) is 0 Å². The molecule has 0 saturated carbocycles. The van der Waals surface area contributed by atoms with E-state index in [0.717, 1.165) is 10.0 Å². The number of hydrogen-bond acceptors (Lipinski definition) is 1. The van der Waals surface area contributed by atoms with Crippen LogP contribution in [0.25, 0.3) is 0 Å². The molecule has 0 aliphatic heterocycles. The van der Waals surface area contributed by atoms with Gasteiger partial charge in [0.15, 0.2) is 0 Å². The fraction of sp³-hybridized carbons (Fsp3) is 0.300. The van der Waals surface area contributed by atoms with E-state index < -0.39 is 0 Å². The van der Waals surface area contributed by atoms with Crippen molar-refractivity contribution in [2.24, 2.45) is 0 Å². The van der Waals surface area contributed by atoms with E-state index in [-0.39, 0.29) is 10.6 Å². The number of carbonyl (C=O) groups excluding carboxylic acids is 1. The minimum Gasteiger partial charge on any atom is -0.299 e. The lowest BCUT2D eigenvalue weighted by Gasteiger charge is -2.08. The van der Waals surface area contributed by atoms with Gasteiger partial charge in [-0.3, -0.25) is 4.79 Å². The second-order valence-corrected chi connectivity index (χ2v) is 5.41. The van der Waals surface area contributed by atoms with E-state index in [4.69, 9.17) is 11.6 Å². The van der Waals surface area contributed by atoms with Gasteiger partial charge in [-0.25, -0.2) is 0 Å². The number of carbonyl (C=O) groups is 1. The monoisotopic (exact) mass is 338 g/mol. The van der Waals surface area contributed by atoms with Gasteiger partial charge in [0.2, 0.25) is 0 Å². The number of halogens is 3. The van der Waals surface area contributed by atoms with E-state index in [1.54, 1.807) is 6.92 Å². The summed E-state index contributed by atoms with van der Waals surface area (Å²) in [7, 11) is 0. The summed E-state index contributed by atoms with van der Waals surface area (Å²) in [5.41, 5.74) is 1.08. The van der Waals surface area contributed by atoms with Gasteiger partial charge in [-0.1, -0.05) is 49.5 Å². The van der Waals surface area contributed by atoms with Crippen molar-refractivity contribution in [1.29, 1.82) is 0 Å². The van der Waals surface area contributed by atoms with Crippen LogP contribution in [0.4, 0.5) is 0 Å². The van der Waals surface area contributed by atoms with Crippen LogP contribution in [-0.4, -0.2) is 10.6 Å². The lowest BCUT2D eigenvalue weighted by atomic mass is 10.1. The highest BCUT2D eigenvalue weighted by Gasteiger charge is 2.12. The van der Waals surface area contributed by atoms with Gasteiger partial charge in [-0.05, 0) is 31.0 Å². The van der Waals surface area contributed by atoms with Crippen molar-refractivity contribution in [3.63, 3.8) is 0 Å². The molecule has 0 fully saturated rings. The molecule has 0 aliphatic carbocycles. The molecule has 0 bridgehead atoms. The molecule has 0 N–H and O–H groups in total. The van der Waals surface area contributed by atoms with E-state index in [9.17, 15) is 4.79 Å². The molecule has 0 aromatic heterocycles. The average Bonchev–Trinajstić information content (AvgIpc) is 2.09. The maximum Gasteiger partial charge on any atom is 0.143 e. The summed E-state index contributed by atoms with van der Waals surface area (Å²) in [6, 6.07) is 5.57. The summed E-state index contributed by atoms with van der Waals surface area (Å²) in [4.78, 5) is 10.9. The molecule has 1 aromatic carbocycles. The minimum absolute atomic E-state index is 0.125. The summed E-state index contributed by atoms with van der Waals surface area (Å²) >= 11 is 12.5. The van der Waals surface area contributed by atoms with Crippen LogP contribution in [0.5, 0.6) is 0 Å². The maximum atomic E-state index is 11.0. The largest absolute Gasteiger partial charge is 0.299 e. The molecule has 0 amide bonds. The SMILES string of the molecule is CC(=O)C(Br)Cc1ccc(Cl)cc1Br. The molecule has 0 aliphatic rings. The first-order chi connectivity index (χ1) is 6.50. The van der Waals surface area contributed by atoms with Crippen LogP contribution >= 0.6 is 43.5 Å². The first-order valence-electron chi connectivity index (χ1n) is 4.09. The highest BCUT2D eigenvalue weighted by atomic mass is 79.9. The van der Waals surface area contributed by atoms with Gasteiger partial charge in [0, 0.05) is 9.50 Å². The summed E-state index contributed by atoms with van der Waals surface area (Å²) in [5, 5.41) is 0.689. The zero-order valence-electron chi connectivity index (χ0n) is 7.56. The highest BCUT2D eigenvalue weighted by molar-refractivity contribution is 9.10. The maximum absolute atomic E-state index is 11.0. The zero-order chi connectivity index (χ0) is 10.7. The quantitative estimate of drug-likeness (QED) is 0.760. The predicted octanol–water partition coefficient (Wildman–Crippen LogP) is 4.00. The first-order valence-corrected chi connectivity index (χ1v) is 6.18. The Morgan fingerprint density at radius 3 is 2.71 bits per heavy atom. The van der Waals surface area contributed by atoms with Gasteiger partial charge in [0.1, 0.15) is 5.78 Å². The average molecular weight is 340 g/mol. The molecule has 1 aromatic rings. The Balaban J connectivity index is 2.82. The third-order valence-corrected chi connectivity index (χ3v) is 3.80. The molecule has 1 rings (SSSR count). The fourth-order valence-corrected chi connectivity index (χ4v) is 2.22. The summed E-state index contributed by atoms with van der Waals surface area (Å²) in [5.74, 6) is 0.131. The molecule has 0 radical (unpaired) electrons. The van der Waals surface area contributed by atoms with E-state index in [1.807, 2.05) is 18.2 Å². The Hall–Kier alpha value is 0.140. The van der Waals surface area contributed by atoms with Crippen LogP contribution in [0.2, 0.25) is 5.02 Å². The Labute approximate surface area is 105 Å². The summed E-state index contributed by atoms with van der Waals surface area (Å²) in [6.07, 6.45) is 0.674. The normalized spacial score (nSPS) is 12.6. The van der Waals surface area contributed by atoms with Gasteiger partial charge in [0.05, 0.1) is 4.83 Å². The Morgan fingerprint density at radius 2 is 2.21 bits per heavy atom. The zero-order valence-corrected chi connectivity index (χ0v) is 11.5. The first kappa shape index (κ1) is 12.2. The predicted molar refractivity (Wildman–Crippen MR) is 66.3 cm³/mol. The molecular weight excluding hydrogens is 331 g/mol. The van der Waals surface area contributed by atoms with E-state index in [1.165, 1.54) is 0 Å². The smallest absolute Gasteiger partial charge is 0.143 e. The molecule has 0 heterocycles. The van der Waals surface area contributed by atoms with Crippen molar-refractivity contribution in [3.05, 3.63) is 33.3 Å². The topological polar surface area (TPSA) is 17.1 Å². The number of benzene rings is 1. The van der Waals surface area contributed by atoms with Gasteiger partial charge >= 0.3 is 0 Å². The van der Waals surface area contributed by atoms with Crippen LogP contribution < -0.4 is 0 Å². The van der Waals surface area contributed by atoms with Gasteiger partial charge in [-0.2, -0.15) is 0 Å². The van der Waals surface area contributed by atoms with E-state index >= 15 is 0 Å². The van der Waals surface area contributed by atoms with Crippen LogP contribution in [0.15, 0.2) is 22.7 Å². The van der Waals surface area contributed by atoms with Crippen LogP contribution in [0.3, 0.4) is 0 Å². The van der Waals surface area contributed by atoms with Crippen LogP contribution in [0.1, 0.15) is 12.5 Å². The standard InChI is InChI=1S/C10H9Br2ClO/c1-6(14)9(11)4-7-2-3-8(13)5-10(7)12/h2-3,5,9H,4H2,1H3. The highest BCUT2D eigenvalue weighted by Crippen LogP contribution is 2.24. The second kappa shape index (κ2) is 5.29. The van der Waals surface area contributed by atoms with E-state index in [2.05, 4.69) is 31.9 Å². The molecule has 1 nitrogen and oxygen atoms in total. The molecule has 0 spiro atoms.